The van der Waals surface area contributed by atoms with Gasteiger partial charge in [-0.1, -0.05) is 0 Å². The van der Waals surface area contributed by atoms with E-state index in [1.807, 2.05) is 0 Å². The molecule has 0 bridgehead atoms. The quantitative estimate of drug-likeness (QED) is 0.705. The maximum Gasteiger partial charge on any atom is 0.343 e. The second-order valence-corrected chi connectivity index (χ2v) is 7.93. The molecule has 2 N–H and O–H groups in total. The lowest BCUT2D eigenvalue weighted by molar-refractivity contribution is 0.178. The summed E-state index contributed by atoms with van der Waals surface area (Å²) in [5.74, 6) is 1.12. The first-order valence-corrected chi connectivity index (χ1v) is 9.84. The van der Waals surface area contributed by atoms with Crippen molar-refractivity contribution in [1.29, 1.82) is 0 Å². The first-order valence-electron chi connectivity index (χ1n) is 9.84. The minimum atomic E-state index is -0.349. The number of nitrogens with one attached hydrogen (secondary N) is 2. The summed E-state index contributed by atoms with van der Waals surface area (Å²) in [7, 11) is 1.67. The van der Waals surface area contributed by atoms with E-state index in [2.05, 4.69) is 15.5 Å². The minimum Gasteiger partial charge on any atom is -0.464 e. The number of H-pyrrole nitrogens is 1. The number of hydrogen-bond donors (Lipinski definition) is 2. The molecule has 3 heterocycles. The molecule has 2 aliphatic rings. The average Bonchev–Trinajstić information content (AvgIpc) is 3.20. The van der Waals surface area contributed by atoms with Crippen molar-refractivity contribution in [2.75, 3.05) is 6.54 Å². The molecule has 3 aromatic rings. The summed E-state index contributed by atoms with van der Waals surface area (Å²) in [4.78, 5) is 26.7. The monoisotopic (exact) mass is 399 g/mol. The van der Waals surface area contributed by atoms with Crippen LogP contribution in [0, 0.1) is 17.7 Å². The lowest BCUT2D eigenvalue weighted by atomic mass is 9.94. The molecule has 0 spiro atoms. The largest absolute Gasteiger partial charge is 0.464 e. The van der Waals surface area contributed by atoms with Gasteiger partial charge >= 0.3 is 11.7 Å². The van der Waals surface area contributed by atoms with E-state index in [0.717, 1.165) is 24.8 Å². The third-order valence-electron chi connectivity index (χ3n) is 6.16. The maximum absolute atomic E-state index is 13.6. The van der Waals surface area contributed by atoms with E-state index < -0.39 is 0 Å². The zero-order chi connectivity index (χ0) is 20.1. The Kier molecular flexibility index (Phi) is 4.18. The maximum atomic E-state index is 13.6. The number of likely N-dealkylation sites (tertiary alicyclic amines) is 1. The Bertz CT molecular complexity index is 1130. The van der Waals surface area contributed by atoms with Crippen LogP contribution in [0.4, 0.5) is 9.18 Å². The molecule has 1 aliphatic heterocycles. The van der Waals surface area contributed by atoms with Crippen LogP contribution in [-0.2, 0) is 13.6 Å². The summed E-state index contributed by atoms with van der Waals surface area (Å²) < 4.78 is 20.5. The van der Waals surface area contributed by atoms with Gasteiger partial charge in [0.25, 0.3) is 0 Å². The van der Waals surface area contributed by atoms with Crippen LogP contribution in [0.3, 0.4) is 0 Å². The number of carbonyl (C=O) groups is 1. The number of benzene rings is 1. The molecule has 9 heteroatoms. The molecular formula is C20H22FN5O3. The summed E-state index contributed by atoms with van der Waals surface area (Å²) in [5, 5.41) is 10.3. The molecule has 1 saturated carbocycles. The number of fused-ring (bicyclic) bond motifs is 1. The van der Waals surface area contributed by atoms with Gasteiger partial charge in [-0.15, -0.1) is 0 Å². The number of urea groups is 1. The van der Waals surface area contributed by atoms with Gasteiger partial charge < -0.3 is 14.6 Å². The number of amides is 2. The number of hydrogen-bond acceptors (Lipinski definition) is 4. The Labute approximate surface area is 165 Å². The van der Waals surface area contributed by atoms with Gasteiger partial charge in [-0.05, 0) is 49.3 Å². The molecule has 2 fully saturated rings. The van der Waals surface area contributed by atoms with Gasteiger partial charge in [0.05, 0.1) is 12.3 Å². The second kappa shape index (κ2) is 6.75. The van der Waals surface area contributed by atoms with Gasteiger partial charge in [0.1, 0.15) is 11.4 Å². The highest BCUT2D eigenvalue weighted by Crippen LogP contribution is 2.49. The lowest BCUT2D eigenvalue weighted by Gasteiger charge is -2.27. The summed E-state index contributed by atoms with van der Waals surface area (Å²) in [6.45, 7) is 0.839. The SMILES string of the molecule is Cn1c(C2C(C3CC3)CCN2C(=O)NCc2coc3ccc(F)cc23)n[nH]c1=O. The number of rotatable bonds is 4. The topological polar surface area (TPSA) is 96.2 Å². The Balaban J connectivity index is 1.37. The molecule has 152 valence electrons. The molecule has 1 aliphatic carbocycles. The number of aromatic nitrogens is 3. The average molecular weight is 399 g/mol. The highest BCUT2D eigenvalue weighted by Gasteiger charge is 2.47. The summed E-state index contributed by atoms with van der Waals surface area (Å²) in [5.41, 5.74) is 1.01. The molecule has 1 aromatic carbocycles. The van der Waals surface area contributed by atoms with Crippen molar-refractivity contribution in [1.82, 2.24) is 25.0 Å². The molecule has 0 radical (unpaired) electrons. The zero-order valence-electron chi connectivity index (χ0n) is 16.0. The smallest absolute Gasteiger partial charge is 0.343 e. The summed E-state index contributed by atoms with van der Waals surface area (Å²) in [6, 6.07) is 3.87. The van der Waals surface area contributed by atoms with Crippen LogP contribution in [0.1, 0.15) is 36.7 Å². The normalized spacial score (nSPS) is 21.8. The van der Waals surface area contributed by atoms with Crippen LogP contribution in [0.5, 0.6) is 0 Å². The van der Waals surface area contributed by atoms with Gasteiger partial charge in [0, 0.05) is 31.1 Å². The Morgan fingerprint density at radius 3 is 2.93 bits per heavy atom. The van der Waals surface area contributed by atoms with Crippen molar-refractivity contribution in [2.45, 2.75) is 31.8 Å². The van der Waals surface area contributed by atoms with E-state index in [1.165, 1.54) is 23.0 Å². The van der Waals surface area contributed by atoms with Crippen LogP contribution in [0.15, 0.2) is 33.7 Å². The molecule has 29 heavy (non-hydrogen) atoms. The third kappa shape index (κ3) is 3.10. The lowest BCUT2D eigenvalue weighted by Crippen LogP contribution is -2.41. The van der Waals surface area contributed by atoms with Crippen molar-refractivity contribution < 1.29 is 13.6 Å². The van der Waals surface area contributed by atoms with Crippen LogP contribution in [-0.4, -0.2) is 32.2 Å². The number of aromatic amines is 1. The van der Waals surface area contributed by atoms with Gasteiger partial charge in [0.15, 0.2) is 5.82 Å². The predicted octanol–water partition coefficient (Wildman–Crippen LogP) is 2.68. The van der Waals surface area contributed by atoms with Crippen molar-refractivity contribution >= 4 is 17.0 Å². The van der Waals surface area contributed by atoms with Crippen molar-refractivity contribution in [3.63, 3.8) is 0 Å². The molecule has 2 amide bonds. The highest BCUT2D eigenvalue weighted by atomic mass is 19.1. The number of halogens is 1. The minimum absolute atomic E-state index is 0.223. The van der Waals surface area contributed by atoms with E-state index in [1.54, 1.807) is 18.0 Å². The first kappa shape index (κ1) is 18.0. The van der Waals surface area contributed by atoms with Crippen molar-refractivity contribution in [3.8, 4) is 0 Å². The van der Waals surface area contributed by atoms with Crippen LogP contribution in [0.25, 0.3) is 11.0 Å². The first-order chi connectivity index (χ1) is 14.0. The van der Waals surface area contributed by atoms with E-state index in [9.17, 15) is 14.0 Å². The Morgan fingerprint density at radius 2 is 2.21 bits per heavy atom. The van der Waals surface area contributed by atoms with Gasteiger partial charge in [-0.2, -0.15) is 5.10 Å². The molecule has 1 saturated heterocycles. The van der Waals surface area contributed by atoms with Gasteiger partial charge in [0.2, 0.25) is 0 Å². The Hall–Kier alpha value is -3.10. The zero-order valence-corrected chi connectivity index (χ0v) is 16.0. The van der Waals surface area contributed by atoms with Crippen molar-refractivity contribution in [2.24, 2.45) is 18.9 Å². The van der Waals surface area contributed by atoms with Gasteiger partial charge in [-0.3, -0.25) is 4.57 Å². The molecule has 5 rings (SSSR count). The van der Waals surface area contributed by atoms with Crippen molar-refractivity contribution in [3.05, 3.63) is 52.2 Å². The summed E-state index contributed by atoms with van der Waals surface area (Å²) in [6.07, 6.45) is 4.74. The standard InChI is InChI=1S/C20H22FN5O3/c1-25-18(23-24-20(25)28)17-14(11-2-3-11)6-7-26(17)19(27)22-9-12-10-29-16-5-4-13(21)8-15(12)16/h4-5,8,10-11,14,17H,2-3,6-7,9H2,1H3,(H,22,27)(H,24,28). The fourth-order valence-corrected chi connectivity index (χ4v) is 4.48. The highest BCUT2D eigenvalue weighted by molar-refractivity contribution is 5.82. The fraction of sp³-hybridized carbons (Fsp3) is 0.450. The number of nitrogens with zero attached hydrogens (tertiary/aromatic N) is 3. The second-order valence-electron chi connectivity index (χ2n) is 7.93. The van der Waals surface area contributed by atoms with Crippen LogP contribution < -0.4 is 11.0 Å². The molecule has 8 nitrogen and oxygen atoms in total. The molecule has 2 aromatic heterocycles. The summed E-state index contributed by atoms with van der Waals surface area (Å²) >= 11 is 0. The molecular weight excluding hydrogens is 377 g/mol. The third-order valence-corrected chi connectivity index (χ3v) is 6.16. The number of furan rings is 1. The number of carbonyl (C=O) groups excluding carboxylic acids is 1. The van der Waals surface area contributed by atoms with E-state index in [0.29, 0.717) is 35.2 Å². The van der Waals surface area contributed by atoms with E-state index in [4.69, 9.17) is 4.42 Å². The van der Waals surface area contributed by atoms with E-state index >= 15 is 0 Å². The van der Waals surface area contributed by atoms with Crippen LogP contribution in [0.2, 0.25) is 0 Å². The van der Waals surface area contributed by atoms with Gasteiger partial charge in [-0.25, -0.2) is 19.1 Å². The van der Waals surface area contributed by atoms with Crippen LogP contribution >= 0.6 is 0 Å². The molecule has 2 atom stereocenters. The predicted molar refractivity (Wildman–Crippen MR) is 103 cm³/mol. The Morgan fingerprint density at radius 1 is 1.38 bits per heavy atom. The van der Waals surface area contributed by atoms with E-state index in [-0.39, 0.29) is 30.1 Å². The molecule has 2 unspecified atom stereocenters. The fourth-order valence-electron chi connectivity index (χ4n) is 4.48.